The van der Waals surface area contributed by atoms with Gasteiger partial charge in [0.05, 0.1) is 0 Å². The number of nitrogens with zero attached hydrogens (tertiary/aromatic N) is 2. The lowest BCUT2D eigenvalue weighted by Gasteiger charge is -1.95. The summed E-state index contributed by atoms with van der Waals surface area (Å²) in [6.45, 7) is 1.87. The molecule has 0 fully saturated rings. The van der Waals surface area contributed by atoms with E-state index in [1.807, 2.05) is 6.92 Å². The van der Waals surface area contributed by atoms with Gasteiger partial charge in [-0.1, -0.05) is 15.9 Å². The Morgan fingerprint density at radius 1 is 1.82 bits per heavy atom. The van der Waals surface area contributed by atoms with Gasteiger partial charge in [0.15, 0.2) is 5.82 Å². The van der Waals surface area contributed by atoms with Gasteiger partial charge in [-0.25, -0.2) is 9.89 Å². The summed E-state index contributed by atoms with van der Waals surface area (Å²) in [4.78, 5) is 12.6. The minimum absolute atomic E-state index is 0.200. The van der Waals surface area contributed by atoms with E-state index in [4.69, 9.17) is 0 Å². The summed E-state index contributed by atoms with van der Waals surface area (Å²) >= 11 is 3.16. The van der Waals surface area contributed by atoms with E-state index in [0.29, 0.717) is 5.82 Å². The van der Waals surface area contributed by atoms with Crippen molar-refractivity contribution in [2.24, 2.45) is 7.05 Å². The fourth-order valence-corrected chi connectivity index (χ4v) is 0.953. The monoisotopic (exact) mass is 217 g/mol. The van der Waals surface area contributed by atoms with E-state index >= 15 is 0 Å². The van der Waals surface area contributed by atoms with Crippen LogP contribution in [0.5, 0.6) is 0 Å². The lowest BCUT2D eigenvalue weighted by Crippen LogP contribution is -2.13. The van der Waals surface area contributed by atoms with Gasteiger partial charge in [-0.2, -0.15) is 5.10 Å². The Labute approximate surface area is 72.1 Å². The number of rotatable bonds is 1. The molecule has 11 heavy (non-hydrogen) atoms. The molecule has 0 radical (unpaired) electrons. The molecule has 0 aliphatic carbocycles. The Bertz CT molecular complexity index is 336. The van der Waals surface area contributed by atoms with Crippen molar-refractivity contribution in [1.29, 1.82) is 0 Å². The van der Waals surface area contributed by atoms with Gasteiger partial charge in [-0.3, -0.25) is 4.57 Å². The molecular weight excluding hydrogens is 210 g/mol. The first-order chi connectivity index (χ1) is 5.16. The average Bonchev–Trinajstić information content (AvgIpc) is 2.32. The quantitative estimate of drug-likeness (QED) is 0.760. The molecule has 60 valence electrons. The van der Waals surface area contributed by atoms with Crippen LogP contribution in [-0.4, -0.2) is 14.8 Å². The Morgan fingerprint density at radius 3 is 2.82 bits per heavy atom. The lowest BCUT2D eigenvalue weighted by molar-refractivity contribution is 0.847. The van der Waals surface area contributed by atoms with Crippen LogP contribution in [0.4, 0.5) is 0 Å². The summed E-state index contributed by atoms with van der Waals surface area (Å²) in [6, 6.07) is 0. The zero-order valence-electron chi connectivity index (χ0n) is 6.26. The Morgan fingerprint density at radius 2 is 2.45 bits per heavy atom. The van der Waals surface area contributed by atoms with Gasteiger partial charge < -0.3 is 0 Å². The van der Waals surface area contributed by atoms with Crippen LogP contribution in [0.25, 0.3) is 5.57 Å². The molecular formula is C6H8BrN3O. The summed E-state index contributed by atoms with van der Waals surface area (Å²) in [5.41, 5.74) is 0.708. The molecule has 5 heteroatoms. The first-order valence-electron chi connectivity index (χ1n) is 3.05. The van der Waals surface area contributed by atoms with Crippen LogP contribution in [0, 0.1) is 0 Å². The third kappa shape index (κ3) is 1.42. The van der Waals surface area contributed by atoms with Crippen LogP contribution in [0.2, 0.25) is 0 Å². The second-order valence-electron chi connectivity index (χ2n) is 2.20. The number of H-pyrrole nitrogens is 1. The van der Waals surface area contributed by atoms with Crippen molar-refractivity contribution < 1.29 is 0 Å². The number of aromatic nitrogens is 3. The van der Waals surface area contributed by atoms with Gasteiger partial charge >= 0.3 is 5.69 Å². The van der Waals surface area contributed by atoms with E-state index in [0.717, 1.165) is 5.57 Å². The molecule has 0 aliphatic rings. The van der Waals surface area contributed by atoms with Crippen LogP contribution in [0.15, 0.2) is 9.78 Å². The maximum absolute atomic E-state index is 10.9. The van der Waals surface area contributed by atoms with Gasteiger partial charge in [0.25, 0.3) is 0 Å². The second kappa shape index (κ2) is 3.04. The topological polar surface area (TPSA) is 50.7 Å². The molecule has 1 N–H and O–H groups in total. The third-order valence-electron chi connectivity index (χ3n) is 1.40. The van der Waals surface area contributed by atoms with E-state index in [1.165, 1.54) is 4.57 Å². The van der Waals surface area contributed by atoms with Gasteiger partial charge in [-0.15, -0.1) is 0 Å². The second-order valence-corrected chi connectivity index (χ2v) is 2.66. The van der Waals surface area contributed by atoms with Gasteiger partial charge in [0, 0.05) is 12.6 Å². The van der Waals surface area contributed by atoms with Crippen molar-refractivity contribution in [3.05, 3.63) is 21.3 Å². The predicted molar refractivity (Wildman–Crippen MR) is 46.4 cm³/mol. The first kappa shape index (κ1) is 8.26. The summed E-state index contributed by atoms with van der Waals surface area (Å²) in [5.74, 6) is 0.645. The Kier molecular flexibility index (Phi) is 2.28. The molecule has 1 aromatic rings. The highest BCUT2D eigenvalue weighted by molar-refractivity contribution is 9.11. The third-order valence-corrected chi connectivity index (χ3v) is 2.08. The van der Waals surface area contributed by atoms with Crippen molar-refractivity contribution in [2.75, 3.05) is 0 Å². The predicted octanol–water partition coefficient (Wildman–Crippen LogP) is 0.864. The molecule has 0 atom stereocenters. The first-order valence-corrected chi connectivity index (χ1v) is 3.97. The highest BCUT2D eigenvalue weighted by atomic mass is 79.9. The van der Waals surface area contributed by atoms with Crippen molar-refractivity contribution in [3.63, 3.8) is 0 Å². The van der Waals surface area contributed by atoms with E-state index in [-0.39, 0.29) is 5.69 Å². The van der Waals surface area contributed by atoms with E-state index in [2.05, 4.69) is 26.1 Å². The van der Waals surface area contributed by atoms with Gasteiger partial charge in [-0.05, 0) is 11.9 Å². The fourth-order valence-electron chi connectivity index (χ4n) is 0.748. The minimum atomic E-state index is -0.200. The molecule has 0 amide bonds. The normalized spacial score (nSPS) is 12.1. The molecule has 0 bridgehead atoms. The van der Waals surface area contributed by atoms with E-state index < -0.39 is 0 Å². The van der Waals surface area contributed by atoms with E-state index in [1.54, 1.807) is 12.0 Å². The average molecular weight is 218 g/mol. The summed E-state index contributed by atoms with van der Waals surface area (Å²) in [6.07, 6.45) is 0. The molecule has 0 aliphatic heterocycles. The van der Waals surface area contributed by atoms with Crippen LogP contribution < -0.4 is 5.69 Å². The van der Waals surface area contributed by atoms with Crippen molar-refractivity contribution >= 4 is 21.5 Å². The summed E-state index contributed by atoms with van der Waals surface area (Å²) in [7, 11) is 1.67. The SMILES string of the molecule is CC(=CBr)c1n[nH]c(=O)n1C. The smallest absolute Gasteiger partial charge is 0.279 e. The highest BCUT2D eigenvalue weighted by Crippen LogP contribution is 2.08. The molecule has 0 saturated carbocycles. The summed E-state index contributed by atoms with van der Waals surface area (Å²) < 4.78 is 1.45. The van der Waals surface area contributed by atoms with Crippen LogP contribution in [-0.2, 0) is 7.05 Å². The molecule has 1 rings (SSSR count). The van der Waals surface area contributed by atoms with Crippen LogP contribution in [0.3, 0.4) is 0 Å². The standard InChI is InChI=1S/C6H8BrN3O/c1-4(3-7)5-8-9-6(11)10(5)2/h3H,1-2H3,(H,9,11). The molecule has 0 unspecified atom stereocenters. The number of halogens is 1. The van der Waals surface area contributed by atoms with Crippen molar-refractivity contribution in [1.82, 2.24) is 14.8 Å². The molecule has 1 aromatic heterocycles. The van der Waals surface area contributed by atoms with Crippen LogP contribution >= 0.6 is 15.9 Å². The van der Waals surface area contributed by atoms with Crippen LogP contribution in [0.1, 0.15) is 12.7 Å². The molecule has 0 aromatic carbocycles. The zero-order chi connectivity index (χ0) is 8.43. The maximum Gasteiger partial charge on any atom is 0.343 e. The Balaban J connectivity index is 3.26. The molecule has 0 spiro atoms. The number of hydrogen-bond donors (Lipinski definition) is 1. The number of allylic oxidation sites excluding steroid dienone is 1. The molecule has 4 nitrogen and oxygen atoms in total. The van der Waals surface area contributed by atoms with Gasteiger partial charge in [0.2, 0.25) is 0 Å². The maximum atomic E-state index is 10.9. The Hall–Kier alpha value is -0.840. The summed E-state index contributed by atoms with van der Waals surface area (Å²) in [5, 5.41) is 6.16. The minimum Gasteiger partial charge on any atom is -0.279 e. The van der Waals surface area contributed by atoms with Crippen molar-refractivity contribution in [2.45, 2.75) is 6.92 Å². The highest BCUT2D eigenvalue weighted by Gasteiger charge is 2.03. The largest absolute Gasteiger partial charge is 0.343 e. The number of hydrogen-bond acceptors (Lipinski definition) is 2. The van der Waals surface area contributed by atoms with Gasteiger partial charge in [0.1, 0.15) is 0 Å². The van der Waals surface area contributed by atoms with E-state index in [9.17, 15) is 4.79 Å². The molecule has 0 saturated heterocycles. The molecule has 1 heterocycles. The van der Waals surface area contributed by atoms with Crippen molar-refractivity contribution in [3.8, 4) is 0 Å². The fraction of sp³-hybridized carbons (Fsp3) is 0.333. The zero-order valence-corrected chi connectivity index (χ0v) is 7.84. The lowest BCUT2D eigenvalue weighted by atomic mass is 10.3. The number of aromatic amines is 1. The number of nitrogens with one attached hydrogen (secondary N) is 1.